The molecular formula is C18H20ClN3. The highest BCUT2D eigenvalue weighted by Crippen LogP contribution is 2.04. The van der Waals surface area contributed by atoms with E-state index in [9.17, 15) is 0 Å². The molecule has 0 saturated heterocycles. The van der Waals surface area contributed by atoms with Gasteiger partial charge in [0.25, 0.3) is 0 Å². The highest BCUT2D eigenvalue weighted by molar-refractivity contribution is 6.29. The van der Waals surface area contributed by atoms with Crippen LogP contribution in [0.4, 0.5) is 0 Å². The fourth-order valence-electron chi connectivity index (χ4n) is 1.37. The van der Waals surface area contributed by atoms with Gasteiger partial charge in [0.1, 0.15) is 5.15 Å². The van der Waals surface area contributed by atoms with Crippen LogP contribution < -0.4 is 0 Å². The minimum atomic E-state index is 0.560. The van der Waals surface area contributed by atoms with Gasteiger partial charge in [0.2, 0.25) is 0 Å². The number of nitrogens with zero attached hydrogens (tertiary/aromatic N) is 3. The van der Waals surface area contributed by atoms with Gasteiger partial charge < -0.3 is 0 Å². The molecule has 0 atom stereocenters. The molecule has 0 bridgehead atoms. The molecule has 0 N–H and O–H groups in total. The van der Waals surface area contributed by atoms with Gasteiger partial charge in [-0.15, -0.1) is 0 Å². The summed E-state index contributed by atoms with van der Waals surface area (Å²) in [6, 6.07) is 11.6. The number of halogens is 1. The molecule has 0 aliphatic heterocycles. The summed E-state index contributed by atoms with van der Waals surface area (Å²) < 4.78 is 0. The molecule has 0 aliphatic carbocycles. The highest BCUT2D eigenvalue weighted by atomic mass is 35.5. The quantitative estimate of drug-likeness (QED) is 0.558. The molecule has 3 rings (SSSR count). The normalized spacial score (nSPS) is 8.91. The zero-order valence-corrected chi connectivity index (χ0v) is 13.8. The third-order valence-corrected chi connectivity index (χ3v) is 2.75. The second kappa shape index (κ2) is 10.5. The number of pyridine rings is 3. The first-order valence-electron chi connectivity index (χ1n) is 6.89. The lowest BCUT2D eigenvalue weighted by Crippen LogP contribution is -1.73. The highest BCUT2D eigenvalue weighted by Gasteiger charge is 1.84. The van der Waals surface area contributed by atoms with Gasteiger partial charge in [-0.1, -0.05) is 17.7 Å². The Hall–Kier alpha value is -2.26. The van der Waals surface area contributed by atoms with Gasteiger partial charge in [-0.25, -0.2) is 4.98 Å². The largest absolute Gasteiger partial charge is 0.265 e. The molecule has 3 nitrogen and oxygen atoms in total. The minimum Gasteiger partial charge on any atom is -0.265 e. The van der Waals surface area contributed by atoms with Gasteiger partial charge in [0, 0.05) is 31.0 Å². The van der Waals surface area contributed by atoms with E-state index >= 15 is 0 Å². The third kappa shape index (κ3) is 8.82. The lowest BCUT2D eigenvalue weighted by molar-refractivity contribution is 1.27. The summed E-state index contributed by atoms with van der Waals surface area (Å²) in [7, 11) is 0. The number of hydrogen-bond acceptors (Lipinski definition) is 3. The van der Waals surface area contributed by atoms with Crippen molar-refractivity contribution >= 4 is 11.6 Å². The van der Waals surface area contributed by atoms with E-state index in [0.29, 0.717) is 5.15 Å². The number of rotatable bonds is 0. The van der Waals surface area contributed by atoms with E-state index in [1.807, 2.05) is 63.4 Å². The number of aryl methyl sites for hydroxylation is 3. The SMILES string of the molecule is Cc1cccnc1.Cc1ccnc(Cl)c1.Cc1ccncc1. The zero-order chi connectivity index (χ0) is 16.2. The van der Waals surface area contributed by atoms with E-state index in [1.165, 1.54) is 11.1 Å². The van der Waals surface area contributed by atoms with Crippen molar-refractivity contribution in [1.29, 1.82) is 0 Å². The molecule has 114 valence electrons. The van der Waals surface area contributed by atoms with E-state index in [4.69, 9.17) is 11.6 Å². The van der Waals surface area contributed by atoms with Crippen LogP contribution in [0.25, 0.3) is 0 Å². The van der Waals surface area contributed by atoms with E-state index in [-0.39, 0.29) is 0 Å². The predicted octanol–water partition coefficient (Wildman–Crippen LogP) is 4.82. The molecule has 0 saturated carbocycles. The maximum atomic E-state index is 5.53. The Morgan fingerprint density at radius 1 is 0.727 bits per heavy atom. The van der Waals surface area contributed by atoms with Crippen molar-refractivity contribution in [2.45, 2.75) is 20.8 Å². The van der Waals surface area contributed by atoms with Crippen molar-refractivity contribution in [2.75, 3.05) is 0 Å². The molecule has 0 amide bonds. The zero-order valence-electron chi connectivity index (χ0n) is 13.1. The molecule has 22 heavy (non-hydrogen) atoms. The molecule has 0 spiro atoms. The van der Waals surface area contributed by atoms with Gasteiger partial charge in [0.15, 0.2) is 0 Å². The van der Waals surface area contributed by atoms with E-state index in [2.05, 4.69) is 15.0 Å². The van der Waals surface area contributed by atoms with Crippen LogP contribution in [0.5, 0.6) is 0 Å². The van der Waals surface area contributed by atoms with Crippen molar-refractivity contribution < 1.29 is 0 Å². The Labute approximate surface area is 137 Å². The molecule has 3 aromatic heterocycles. The summed E-state index contributed by atoms with van der Waals surface area (Å²) in [6.07, 6.45) is 8.87. The summed E-state index contributed by atoms with van der Waals surface area (Å²) >= 11 is 5.53. The Morgan fingerprint density at radius 2 is 1.41 bits per heavy atom. The van der Waals surface area contributed by atoms with Gasteiger partial charge in [-0.2, -0.15) is 0 Å². The van der Waals surface area contributed by atoms with Crippen LogP contribution >= 0.6 is 11.6 Å². The van der Waals surface area contributed by atoms with E-state index in [0.717, 1.165) is 5.56 Å². The van der Waals surface area contributed by atoms with Crippen molar-refractivity contribution in [2.24, 2.45) is 0 Å². The lowest BCUT2D eigenvalue weighted by atomic mass is 10.3. The van der Waals surface area contributed by atoms with Crippen molar-refractivity contribution in [3.63, 3.8) is 0 Å². The molecule has 0 fully saturated rings. The third-order valence-electron chi connectivity index (χ3n) is 2.54. The first kappa shape index (κ1) is 17.8. The summed E-state index contributed by atoms with van der Waals surface area (Å²) in [5.41, 5.74) is 3.61. The maximum Gasteiger partial charge on any atom is 0.129 e. The van der Waals surface area contributed by atoms with Gasteiger partial charge in [0.05, 0.1) is 0 Å². The van der Waals surface area contributed by atoms with Crippen LogP contribution in [-0.4, -0.2) is 15.0 Å². The predicted molar refractivity (Wildman–Crippen MR) is 91.9 cm³/mol. The molecule has 3 heterocycles. The van der Waals surface area contributed by atoms with Gasteiger partial charge in [-0.05, 0) is 67.8 Å². The molecule has 0 unspecified atom stereocenters. The first-order chi connectivity index (χ1) is 10.6. The summed E-state index contributed by atoms with van der Waals surface area (Å²) in [5.74, 6) is 0. The Balaban J connectivity index is 0.000000166. The second-order valence-electron chi connectivity index (χ2n) is 4.71. The minimum absolute atomic E-state index is 0.560. The van der Waals surface area contributed by atoms with Crippen LogP contribution in [0, 0.1) is 20.8 Å². The van der Waals surface area contributed by atoms with E-state index in [1.54, 1.807) is 24.8 Å². The lowest BCUT2D eigenvalue weighted by Gasteiger charge is -1.88. The first-order valence-corrected chi connectivity index (χ1v) is 7.27. The van der Waals surface area contributed by atoms with Crippen molar-refractivity contribution in [3.05, 3.63) is 89.2 Å². The standard InChI is InChI=1S/C6H6ClN.2C6H7N/c1-5-2-3-8-6(7)4-5;1-6-2-4-7-5-3-6;1-6-3-2-4-7-5-6/h2-4H,1H3;2*2-5H,1H3. The molecule has 4 heteroatoms. The average Bonchev–Trinajstić information content (AvgIpc) is 2.50. The molecule has 0 aliphatic rings. The summed E-state index contributed by atoms with van der Waals surface area (Å²) in [5, 5.41) is 0.560. The average molecular weight is 314 g/mol. The second-order valence-corrected chi connectivity index (χ2v) is 5.10. The molecular weight excluding hydrogens is 294 g/mol. The summed E-state index contributed by atoms with van der Waals surface area (Å²) in [4.78, 5) is 11.5. The summed E-state index contributed by atoms with van der Waals surface area (Å²) in [6.45, 7) is 6.04. The van der Waals surface area contributed by atoms with Crippen molar-refractivity contribution in [1.82, 2.24) is 15.0 Å². The van der Waals surface area contributed by atoms with Crippen molar-refractivity contribution in [3.8, 4) is 0 Å². The maximum absolute atomic E-state index is 5.53. The van der Waals surface area contributed by atoms with Gasteiger partial charge >= 0.3 is 0 Å². The van der Waals surface area contributed by atoms with Crippen LogP contribution in [0.15, 0.2) is 67.4 Å². The fourth-order valence-corrected chi connectivity index (χ4v) is 1.60. The van der Waals surface area contributed by atoms with Crippen LogP contribution in [-0.2, 0) is 0 Å². The Bertz CT molecular complexity index is 588. The van der Waals surface area contributed by atoms with Crippen LogP contribution in [0.3, 0.4) is 0 Å². The fraction of sp³-hybridized carbons (Fsp3) is 0.167. The van der Waals surface area contributed by atoms with Crippen LogP contribution in [0.1, 0.15) is 16.7 Å². The Kier molecular flexibility index (Phi) is 8.46. The molecule has 0 radical (unpaired) electrons. The number of hydrogen-bond donors (Lipinski definition) is 0. The Morgan fingerprint density at radius 3 is 1.73 bits per heavy atom. The smallest absolute Gasteiger partial charge is 0.129 e. The van der Waals surface area contributed by atoms with Gasteiger partial charge in [-0.3, -0.25) is 9.97 Å². The monoisotopic (exact) mass is 313 g/mol. The molecule has 0 aromatic carbocycles. The number of aromatic nitrogens is 3. The topological polar surface area (TPSA) is 38.7 Å². The van der Waals surface area contributed by atoms with Crippen LogP contribution in [0.2, 0.25) is 5.15 Å². The van der Waals surface area contributed by atoms with E-state index < -0.39 is 0 Å². The molecule has 3 aromatic rings.